The highest BCUT2D eigenvalue weighted by Crippen LogP contribution is 2.28. The third kappa shape index (κ3) is 3.57. The minimum atomic E-state index is -0.422. The number of nitrogens with one attached hydrogen (secondary N) is 2. The topological polar surface area (TPSA) is 115 Å². The molecule has 0 fully saturated rings. The summed E-state index contributed by atoms with van der Waals surface area (Å²) in [5.74, 6) is 0.622. The number of fused-ring (bicyclic) bond motifs is 1. The second-order valence-electron chi connectivity index (χ2n) is 5.26. The van der Waals surface area contributed by atoms with Crippen LogP contribution >= 0.6 is 0 Å². The number of H-pyrrole nitrogens is 1. The van der Waals surface area contributed by atoms with E-state index >= 15 is 0 Å². The molecule has 0 amide bonds. The normalized spacial score (nSPS) is 11.2. The summed E-state index contributed by atoms with van der Waals surface area (Å²) in [6.07, 6.45) is 1.03. The van der Waals surface area contributed by atoms with Gasteiger partial charge in [0, 0.05) is 37.6 Å². The predicted molar refractivity (Wildman–Crippen MR) is 92.3 cm³/mol. The van der Waals surface area contributed by atoms with Gasteiger partial charge in [-0.2, -0.15) is 0 Å². The number of aromatic nitrogens is 3. The molecule has 1 aromatic carbocycles. The lowest BCUT2D eigenvalue weighted by Crippen LogP contribution is -2.24. The van der Waals surface area contributed by atoms with Gasteiger partial charge in [0.05, 0.1) is 16.9 Å². The minimum absolute atomic E-state index is 0.0311. The van der Waals surface area contributed by atoms with Gasteiger partial charge in [0.1, 0.15) is 17.8 Å². The highest BCUT2D eigenvalue weighted by atomic mass is 16.7. The summed E-state index contributed by atoms with van der Waals surface area (Å²) in [5, 5.41) is 14.9. The zero-order valence-electron chi connectivity index (χ0n) is 13.7. The number of benzene rings is 1. The van der Waals surface area contributed by atoms with Crippen molar-refractivity contribution in [1.82, 2.24) is 15.0 Å². The van der Waals surface area contributed by atoms with Crippen LogP contribution in [0.15, 0.2) is 36.7 Å². The molecule has 3 aromatic rings. The highest BCUT2D eigenvalue weighted by molar-refractivity contribution is 5.91. The van der Waals surface area contributed by atoms with E-state index in [-0.39, 0.29) is 5.69 Å². The van der Waals surface area contributed by atoms with Gasteiger partial charge in [0.15, 0.2) is 6.29 Å². The molecule has 0 radical (unpaired) electrons. The average Bonchev–Trinajstić information content (AvgIpc) is 3.07. The molecular weight excluding hydrogens is 326 g/mol. The minimum Gasteiger partial charge on any atom is -0.364 e. The quantitative estimate of drug-likeness (QED) is 0.385. The van der Waals surface area contributed by atoms with E-state index in [0.717, 1.165) is 11.1 Å². The Kier molecular flexibility index (Phi) is 4.87. The second kappa shape index (κ2) is 7.24. The van der Waals surface area contributed by atoms with Gasteiger partial charge in [0.25, 0.3) is 5.69 Å². The Morgan fingerprint density at radius 3 is 2.80 bits per heavy atom. The number of non-ortho nitro benzene ring substituents is 1. The molecule has 2 aromatic heterocycles. The first-order chi connectivity index (χ1) is 12.1. The Morgan fingerprint density at radius 1 is 1.28 bits per heavy atom. The van der Waals surface area contributed by atoms with Crippen molar-refractivity contribution >= 4 is 22.5 Å². The van der Waals surface area contributed by atoms with Crippen LogP contribution in [-0.2, 0) is 9.47 Å². The molecule has 2 N–H and O–H groups in total. The van der Waals surface area contributed by atoms with Crippen molar-refractivity contribution in [2.75, 3.05) is 26.1 Å². The van der Waals surface area contributed by atoms with Crippen LogP contribution in [0.2, 0.25) is 0 Å². The van der Waals surface area contributed by atoms with Gasteiger partial charge in [0.2, 0.25) is 0 Å². The highest BCUT2D eigenvalue weighted by Gasteiger charge is 2.13. The van der Waals surface area contributed by atoms with E-state index in [1.165, 1.54) is 18.5 Å². The van der Waals surface area contributed by atoms with Crippen LogP contribution < -0.4 is 5.32 Å². The Morgan fingerprint density at radius 2 is 2.08 bits per heavy atom. The monoisotopic (exact) mass is 343 g/mol. The number of hydrogen-bond acceptors (Lipinski definition) is 7. The Bertz CT molecular complexity index is 891. The molecular formula is C16H17N5O4. The number of ether oxygens (including phenoxy) is 2. The molecule has 2 heterocycles. The number of nitro benzene ring substituents is 1. The summed E-state index contributed by atoms with van der Waals surface area (Å²) >= 11 is 0. The standard InChI is InChI=1S/C16H17N5O4/c1-24-14(25-2)8-17-15-12-7-13(20-16(12)19-9-18-15)10-4-3-5-11(6-10)21(22)23/h3-7,9,14H,8H2,1-2H3,(H2,17,18,19,20). The predicted octanol–water partition coefficient (Wildman–Crippen LogP) is 2.56. The number of anilines is 1. The van der Waals surface area contributed by atoms with E-state index in [4.69, 9.17) is 9.47 Å². The number of nitro groups is 1. The summed E-state index contributed by atoms with van der Waals surface area (Å²) in [5.41, 5.74) is 2.08. The third-order valence-corrected chi connectivity index (χ3v) is 3.76. The van der Waals surface area contributed by atoms with Gasteiger partial charge >= 0.3 is 0 Å². The van der Waals surface area contributed by atoms with E-state index in [0.29, 0.717) is 23.6 Å². The first-order valence-corrected chi connectivity index (χ1v) is 7.50. The van der Waals surface area contributed by atoms with Crippen molar-refractivity contribution in [3.05, 3.63) is 46.8 Å². The fraction of sp³-hybridized carbons (Fsp3) is 0.250. The zero-order valence-corrected chi connectivity index (χ0v) is 13.7. The molecule has 0 aliphatic heterocycles. The molecule has 25 heavy (non-hydrogen) atoms. The van der Waals surface area contributed by atoms with Crippen LogP contribution in [0.4, 0.5) is 11.5 Å². The molecule has 0 saturated carbocycles. The molecule has 3 rings (SSSR count). The maximum atomic E-state index is 11.0. The van der Waals surface area contributed by atoms with Crippen LogP contribution in [0.3, 0.4) is 0 Å². The van der Waals surface area contributed by atoms with E-state index in [2.05, 4.69) is 20.3 Å². The number of methoxy groups -OCH3 is 2. The van der Waals surface area contributed by atoms with Crippen LogP contribution in [0.1, 0.15) is 0 Å². The summed E-state index contributed by atoms with van der Waals surface area (Å²) in [4.78, 5) is 22.1. The molecule has 0 atom stereocenters. The molecule has 0 bridgehead atoms. The summed E-state index contributed by atoms with van der Waals surface area (Å²) in [7, 11) is 3.12. The van der Waals surface area contributed by atoms with E-state index < -0.39 is 11.2 Å². The smallest absolute Gasteiger partial charge is 0.270 e. The largest absolute Gasteiger partial charge is 0.364 e. The van der Waals surface area contributed by atoms with E-state index in [1.807, 2.05) is 6.07 Å². The Labute approximate surface area is 143 Å². The van der Waals surface area contributed by atoms with E-state index in [9.17, 15) is 10.1 Å². The summed E-state index contributed by atoms with van der Waals surface area (Å²) < 4.78 is 10.3. The van der Waals surface area contributed by atoms with Crippen molar-refractivity contribution in [1.29, 1.82) is 0 Å². The molecule has 9 nitrogen and oxygen atoms in total. The zero-order chi connectivity index (χ0) is 17.8. The van der Waals surface area contributed by atoms with Crippen LogP contribution in [0.25, 0.3) is 22.3 Å². The van der Waals surface area contributed by atoms with Gasteiger partial charge in [-0.15, -0.1) is 0 Å². The van der Waals surface area contributed by atoms with Crippen molar-refractivity contribution in [2.24, 2.45) is 0 Å². The number of hydrogen-bond donors (Lipinski definition) is 2. The maximum Gasteiger partial charge on any atom is 0.270 e. The first kappa shape index (κ1) is 16.8. The van der Waals surface area contributed by atoms with Crippen LogP contribution in [0.5, 0.6) is 0 Å². The van der Waals surface area contributed by atoms with Gasteiger partial charge in [-0.1, -0.05) is 12.1 Å². The fourth-order valence-corrected chi connectivity index (χ4v) is 2.47. The van der Waals surface area contributed by atoms with Gasteiger partial charge in [-0.05, 0) is 6.07 Å². The number of aromatic amines is 1. The SMILES string of the molecule is COC(CNc1ncnc2[nH]c(-c3cccc([N+](=O)[O-])c3)cc12)OC. The Hall–Kier alpha value is -3.04. The van der Waals surface area contributed by atoms with Gasteiger partial charge in [-0.3, -0.25) is 10.1 Å². The molecule has 0 unspecified atom stereocenters. The summed E-state index contributed by atoms with van der Waals surface area (Å²) in [6.45, 7) is 0.413. The van der Waals surface area contributed by atoms with Crippen LogP contribution in [0, 0.1) is 10.1 Å². The molecule has 130 valence electrons. The number of rotatable bonds is 7. The lowest BCUT2D eigenvalue weighted by molar-refractivity contribution is -0.384. The number of nitrogens with zero attached hydrogens (tertiary/aromatic N) is 3. The lowest BCUT2D eigenvalue weighted by atomic mass is 10.1. The van der Waals surface area contributed by atoms with E-state index in [1.54, 1.807) is 26.4 Å². The first-order valence-electron chi connectivity index (χ1n) is 7.50. The van der Waals surface area contributed by atoms with Gasteiger partial charge in [-0.25, -0.2) is 9.97 Å². The average molecular weight is 343 g/mol. The van der Waals surface area contributed by atoms with Crippen LogP contribution in [-0.4, -0.2) is 46.9 Å². The molecule has 0 aliphatic rings. The third-order valence-electron chi connectivity index (χ3n) is 3.76. The Balaban J connectivity index is 1.93. The molecule has 9 heteroatoms. The second-order valence-corrected chi connectivity index (χ2v) is 5.26. The molecule has 0 saturated heterocycles. The maximum absolute atomic E-state index is 11.0. The molecule has 0 aliphatic carbocycles. The molecule has 0 spiro atoms. The van der Waals surface area contributed by atoms with Crippen molar-refractivity contribution in [3.63, 3.8) is 0 Å². The summed E-state index contributed by atoms with van der Waals surface area (Å²) in [6, 6.07) is 8.26. The van der Waals surface area contributed by atoms with Crippen molar-refractivity contribution < 1.29 is 14.4 Å². The van der Waals surface area contributed by atoms with Gasteiger partial charge < -0.3 is 19.8 Å². The lowest BCUT2D eigenvalue weighted by Gasteiger charge is -2.14. The van der Waals surface area contributed by atoms with Crippen molar-refractivity contribution in [3.8, 4) is 11.3 Å². The fourth-order valence-electron chi connectivity index (χ4n) is 2.47. The van der Waals surface area contributed by atoms with Crippen molar-refractivity contribution in [2.45, 2.75) is 6.29 Å².